The van der Waals surface area contributed by atoms with Crippen LogP contribution in [0, 0.1) is 13.8 Å². The quantitative estimate of drug-likeness (QED) is 0.336. The molecule has 3 aromatic carbocycles. The predicted molar refractivity (Wildman–Crippen MR) is 159 cm³/mol. The van der Waals surface area contributed by atoms with Gasteiger partial charge < -0.3 is 10.2 Å². The lowest BCUT2D eigenvalue weighted by molar-refractivity contribution is -0.139. The molecule has 0 heterocycles. The predicted octanol–water partition coefficient (Wildman–Crippen LogP) is 5.63. The molecule has 9 heteroatoms. The van der Waals surface area contributed by atoms with Crippen LogP contribution in [-0.2, 0) is 26.2 Å². The third-order valence-electron chi connectivity index (χ3n) is 7.46. The summed E-state index contributed by atoms with van der Waals surface area (Å²) >= 11 is 6.38. The van der Waals surface area contributed by atoms with E-state index in [0.717, 1.165) is 41.1 Å². The van der Waals surface area contributed by atoms with E-state index in [9.17, 15) is 18.0 Å². The first-order chi connectivity index (χ1) is 19.1. The van der Waals surface area contributed by atoms with Crippen LogP contribution >= 0.6 is 11.6 Å². The summed E-state index contributed by atoms with van der Waals surface area (Å²) in [4.78, 5) is 28.9. The Kier molecular flexibility index (Phi) is 9.53. The second-order valence-corrected chi connectivity index (χ2v) is 12.7. The number of aryl methyl sites for hydroxylation is 1. The van der Waals surface area contributed by atoms with Crippen LogP contribution in [0.25, 0.3) is 0 Å². The topological polar surface area (TPSA) is 86.8 Å². The third-order valence-corrected chi connectivity index (χ3v) is 9.64. The Morgan fingerprint density at radius 3 is 2.25 bits per heavy atom. The molecule has 212 valence electrons. The van der Waals surface area contributed by atoms with E-state index in [0.29, 0.717) is 16.3 Å². The van der Waals surface area contributed by atoms with Gasteiger partial charge in [-0.1, -0.05) is 78.5 Å². The highest BCUT2D eigenvalue weighted by atomic mass is 35.5. The number of halogens is 1. The number of nitrogens with one attached hydrogen (secondary N) is 1. The molecule has 1 fully saturated rings. The average molecular weight is 582 g/mol. The minimum atomic E-state index is -4.15. The van der Waals surface area contributed by atoms with Gasteiger partial charge in [0.1, 0.15) is 12.6 Å². The SMILES string of the molecule is Cc1ccc(S(=O)(=O)N(CC(=O)N(Cc2ccccc2)[C@@H](C)C(=O)NC2CCCC2)c2cccc(Cl)c2C)cc1. The Hall–Kier alpha value is -3.36. The Morgan fingerprint density at radius 1 is 0.950 bits per heavy atom. The number of hydrogen-bond acceptors (Lipinski definition) is 4. The van der Waals surface area contributed by atoms with Crippen molar-refractivity contribution in [1.29, 1.82) is 0 Å². The van der Waals surface area contributed by atoms with Crippen molar-refractivity contribution in [1.82, 2.24) is 10.2 Å². The van der Waals surface area contributed by atoms with Crippen molar-refractivity contribution in [3.63, 3.8) is 0 Å². The number of benzene rings is 3. The summed E-state index contributed by atoms with van der Waals surface area (Å²) in [5, 5.41) is 3.47. The molecule has 0 aliphatic heterocycles. The lowest BCUT2D eigenvalue weighted by Crippen LogP contribution is -2.52. The number of rotatable bonds is 10. The second-order valence-electron chi connectivity index (χ2n) is 10.4. The lowest BCUT2D eigenvalue weighted by Gasteiger charge is -2.33. The fourth-order valence-corrected chi connectivity index (χ4v) is 6.61. The van der Waals surface area contributed by atoms with Crippen molar-refractivity contribution >= 4 is 39.1 Å². The summed E-state index contributed by atoms with van der Waals surface area (Å²) in [7, 11) is -4.15. The summed E-state index contributed by atoms with van der Waals surface area (Å²) in [6.07, 6.45) is 3.97. The molecule has 0 radical (unpaired) electrons. The number of carbonyl (C=O) groups is 2. The Bertz CT molecular complexity index is 1440. The zero-order chi connectivity index (χ0) is 28.9. The standard InChI is InChI=1S/C31H36ClN3O4S/c1-22-16-18-27(19-17-22)40(38,39)35(29-15-9-14-28(32)23(29)2)21-30(36)34(20-25-10-5-4-6-11-25)24(3)31(37)33-26-12-7-8-13-26/h4-6,9-11,14-19,24,26H,7-8,12-13,20-21H2,1-3H3,(H,33,37)/t24-/m0/s1. The smallest absolute Gasteiger partial charge is 0.264 e. The number of amides is 2. The molecule has 40 heavy (non-hydrogen) atoms. The Balaban J connectivity index is 1.71. The summed E-state index contributed by atoms with van der Waals surface area (Å²) < 4.78 is 29.1. The van der Waals surface area contributed by atoms with E-state index in [2.05, 4.69) is 5.32 Å². The van der Waals surface area contributed by atoms with Crippen LogP contribution < -0.4 is 9.62 Å². The highest BCUT2D eigenvalue weighted by molar-refractivity contribution is 7.92. The number of hydrogen-bond donors (Lipinski definition) is 1. The summed E-state index contributed by atoms with van der Waals surface area (Å²) in [6, 6.07) is 20.1. The number of anilines is 1. The summed E-state index contributed by atoms with van der Waals surface area (Å²) in [5.41, 5.74) is 2.60. The van der Waals surface area contributed by atoms with Gasteiger partial charge in [-0.3, -0.25) is 13.9 Å². The van der Waals surface area contributed by atoms with Crippen molar-refractivity contribution < 1.29 is 18.0 Å². The van der Waals surface area contributed by atoms with E-state index in [1.807, 2.05) is 37.3 Å². The molecule has 2 amide bonds. The minimum absolute atomic E-state index is 0.0620. The summed E-state index contributed by atoms with van der Waals surface area (Å²) in [5.74, 6) is -0.740. The number of carbonyl (C=O) groups excluding carboxylic acids is 2. The molecule has 1 aliphatic rings. The van der Waals surface area contributed by atoms with Gasteiger partial charge >= 0.3 is 0 Å². The molecule has 4 rings (SSSR count). The van der Waals surface area contributed by atoms with E-state index < -0.39 is 28.5 Å². The Labute approximate surface area is 242 Å². The lowest BCUT2D eigenvalue weighted by atomic mass is 10.1. The maximum Gasteiger partial charge on any atom is 0.264 e. The maximum absolute atomic E-state index is 14.0. The highest BCUT2D eigenvalue weighted by Crippen LogP contribution is 2.31. The maximum atomic E-state index is 14.0. The van der Waals surface area contributed by atoms with Gasteiger partial charge in [0.25, 0.3) is 10.0 Å². The molecular formula is C31H36ClN3O4S. The third kappa shape index (κ3) is 6.85. The van der Waals surface area contributed by atoms with Crippen molar-refractivity contribution in [3.05, 3.63) is 94.5 Å². The number of nitrogens with zero attached hydrogens (tertiary/aromatic N) is 2. The Morgan fingerprint density at radius 2 is 1.60 bits per heavy atom. The van der Waals surface area contributed by atoms with Crippen LogP contribution in [0.5, 0.6) is 0 Å². The van der Waals surface area contributed by atoms with Crippen molar-refractivity contribution in [3.8, 4) is 0 Å². The van der Waals surface area contributed by atoms with Crippen LogP contribution in [0.3, 0.4) is 0 Å². The van der Waals surface area contributed by atoms with Gasteiger partial charge in [-0.05, 0) is 69.0 Å². The fraction of sp³-hybridized carbons (Fsp3) is 0.355. The fourth-order valence-electron chi connectivity index (χ4n) is 4.97. The van der Waals surface area contributed by atoms with E-state index >= 15 is 0 Å². The van der Waals surface area contributed by atoms with Gasteiger partial charge in [0.05, 0.1) is 10.6 Å². The van der Waals surface area contributed by atoms with Crippen molar-refractivity contribution in [2.75, 3.05) is 10.8 Å². The molecule has 1 N–H and O–H groups in total. The second kappa shape index (κ2) is 12.9. The molecule has 7 nitrogen and oxygen atoms in total. The molecule has 0 saturated heterocycles. The van der Waals surface area contributed by atoms with E-state index in [1.165, 1.54) is 17.0 Å². The molecule has 0 aromatic heterocycles. The summed E-state index contributed by atoms with van der Waals surface area (Å²) in [6.45, 7) is 4.95. The molecule has 0 spiro atoms. The van der Waals surface area contributed by atoms with Gasteiger partial charge in [0, 0.05) is 17.6 Å². The van der Waals surface area contributed by atoms with E-state index in [1.54, 1.807) is 44.2 Å². The zero-order valence-electron chi connectivity index (χ0n) is 23.1. The van der Waals surface area contributed by atoms with Gasteiger partial charge in [0.15, 0.2) is 0 Å². The van der Waals surface area contributed by atoms with Gasteiger partial charge in [0.2, 0.25) is 11.8 Å². The van der Waals surface area contributed by atoms with Crippen LogP contribution in [0.4, 0.5) is 5.69 Å². The first-order valence-corrected chi connectivity index (χ1v) is 15.4. The van der Waals surface area contributed by atoms with E-state index in [4.69, 9.17) is 11.6 Å². The van der Waals surface area contributed by atoms with E-state index in [-0.39, 0.29) is 23.4 Å². The van der Waals surface area contributed by atoms with Crippen LogP contribution in [0.15, 0.2) is 77.7 Å². The number of sulfonamides is 1. The van der Waals surface area contributed by atoms with Crippen LogP contribution in [0.2, 0.25) is 5.02 Å². The average Bonchev–Trinajstić information content (AvgIpc) is 3.45. The van der Waals surface area contributed by atoms with Gasteiger partial charge in [-0.25, -0.2) is 8.42 Å². The van der Waals surface area contributed by atoms with Crippen molar-refractivity contribution in [2.45, 2.75) is 70.0 Å². The monoisotopic (exact) mass is 581 g/mol. The molecule has 3 aromatic rings. The molecular weight excluding hydrogens is 546 g/mol. The van der Waals surface area contributed by atoms with Gasteiger partial charge in [-0.2, -0.15) is 0 Å². The van der Waals surface area contributed by atoms with Crippen LogP contribution in [0.1, 0.15) is 49.3 Å². The highest BCUT2D eigenvalue weighted by Gasteiger charge is 2.34. The molecule has 1 saturated carbocycles. The van der Waals surface area contributed by atoms with Crippen LogP contribution in [-0.4, -0.2) is 43.8 Å². The molecule has 0 unspecified atom stereocenters. The first-order valence-electron chi connectivity index (χ1n) is 13.6. The molecule has 0 bridgehead atoms. The first kappa shape index (κ1) is 29.6. The van der Waals surface area contributed by atoms with Gasteiger partial charge in [-0.15, -0.1) is 0 Å². The van der Waals surface area contributed by atoms with Crippen molar-refractivity contribution in [2.24, 2.45) is 0 Å². The minimum Gasteiger partial charge on any atom is -0.352 e. The largest absolute Gasteiger partial charge is 0.352 e. The zero-order valence-corrected chi connectivity index (χ0v) is 24.7. The molecule has 1 aliphatic carbocycles. The normalized spacial score (nSPS) is 14.5. The molecule has 1 atom stereocenters.